The van der Waals surface area contributed by atoms with Crippen LogP contribution >= 0.6 is 0 Å². The number of hydrogen-bond acceptors (Lipinski definition) is 3. The zero-order chi connectivity index (χ0) is 22.5. The van der Waals surface area contributed by atoms with Gasteiger partial charge < -0.3 is 9.80 Å². The Labute approximate surface area is 181 Å². The van der Waals surface area contributed by atoms with Gasteiger partial charge >= 0.3 is 6.03 Å². The molecule has 2 saturated heterocycles. The van der Waals surface area contributed by atoms with Gasteiger partial charge in [-0.25, -0.2) is 22.6 Å². The molecule has 32 heavy (non-hydrogen) atoms. The van der Waals surface area contributed by atoms with E-state index in [1.54, 1.807) is 42.6 Å². The van der Waals surface area contributed by atoms with E-state index in [-0.39, 0.29) is 25.5 Å². The number of carbonyl (C=O) groups is 2. The van der Waals surface area contributed by atoms with Crippen LogP contribution in [0, 0.1) is 5.82 Å². The first-order valence-electron chi connectivity index (χ1n) is 10.3. The van der Waals surface area contributed by atoms with Crippen molar-refractivity contribution in [2.75, 3.05) is 37.6 Å². The van der Waals surface area contributed by atoms with Crippen molar-refractivity contribution in [3.8, 4) is 5.69 Å². The second kappa shape index (κ2) is 7.54. The van der Waals surface area contributed by atoms with Crippen LogP contribution in [0.3, 0.4) is 0 Å². The third kappa shape index (κ3) is 3.45. The zero-order valence-electron chi connectivity index (χ0n) is 17.0. The summed E-state index contributed by atoms with van der Waals surface area (Å²) in [5.41, 5.74) is 1.52. The summed E-state index contributed by atoms with van der Waals surface area (Å²) in [5, 5.41) is 4.97. The summed E-state index contributed by atoms with van der Waals surface area (Å²) >= 11 is 0. The summed E-state index contributed by atoms with van der Waals surface area (Å²) in [5.74, 6) is -3.77. The molecule has 0 saturated carbocycles. The van der Waals surface area contributed by atoms with Crippen LogP contribution in [-0.2, 0) is 4.79 Å². The smallest absolute Gasteiger partial charge is 0.325 e. The lowest BCUT2D eigenvalue weighted by Crippen LogP contribution is -2.42. The number of urea groups is 1. The Bertz CT molecular complexity index is 1210. The molecule has 7 nitrogen and oxygen atoms in total. The van der Waals surface area contributed by atoms with Crippen LogP contribution in [0.4, 0.5) is 23.7 Å². The molecule has 3 heterocycles. The average molecular weight is 443 g/mol. The monoisotopic (exact) mass is 443 g/mol. The number of halogens is 3. The molecule has 0 bridgehead atoms. The highest BCUT2D eigenvalue weighted by molar-refractivity contribution is 6.04. The first-order valence-corrected chi connectivity index (χ1v) is 10.3. The lowest BCUT2D eigenvalue weighted by molar-refractivity contribution is -0.132. The molecule has 2 aromatic carbocycles. The molecule has 0 unspecified atom stereocenters. The standard InChI is InChI=1S/C22H20F3N5O2/c23-16-4-1-2-5-19(16)30-18-7-3-6-17(15(18)12-26-30)29-11-10-27(21(29)32)13-20(31)28-9-8-22(24,25)14-28/h1-7,12H,8-11,13-14H2. The summed E-state index contributed by atoms with van der Waals surface area (Å²) in [6.45, 7) is -0.215. The van der Waals surface area contributed by atoms with Gasteiger partial charge in [0.15, 0.2) is 0 Å². The van der Waals surface area contributed by atoms with Gasteiger partial charge in [-0.3, -0.25) is 9.69 Å². The van der Waals surface area contributed by atoms with Gasteiger partial charge in [0.05, 0.1) is 23.9 Å². The largest absolute Gasteiger partial charge is 0.335 e. The van der Waals surface area contributed by atoms with E-state index in [9.17, 15) is 22.8 Å². The number of carbonyl (C=O) groups excluding carboxylic acids is 2. The third-order valence-corrected chi connectivity index (χ3v) is 5.91. The molecule has 10 heteroatoms. The van der Waals surface area contributed by atoms with E-state index >= 15 is 0 Å². The fraction of sp³-hybridized carbons (Fsp3) is 0.318. The Morgan fingerprint density at radius 1 is 1.03 bits per heavy atom. The van der Waals surface area contributed by atoms with Crippen LogP contribution in [0.15, 0.2) is 48.7 Å². The molecule has 2 aliphatic heterocycles. The van der Waals surface area contributed by atoms with Crippen molar-refractivity contribution in [2.24, 2.45) is 0 Å². The van der Waals surface area contributed by atoms with E-state index in [1.807, 2.05) is 0 Å². The molecule has 3 aromatic rings. The summed E-state index contributed by atoms with van der Waals surface area (Å²) in [6, 6.07) is 11.2. The number of rotatable bonds is 4. The van der Waals surface area contributed by atoms with Gasteiger partial charge in [-0.1, -0.05) is 18.2 Å². The van der Waals surface area contributed by atoms with E-state index in [2.05, 4.69) is 5.10 Å². The van der Waals surface area contributed by atoms with Crippen LogP contribution in [0.5, 0.6) is 0 Å². The number of anilines is 1. The second-order valence-electron chi connectivity index (χ2n) is 7.99. The topological polar surface area (TPSA) is 61.7 Å². The minimum absolute atomic E-state index is 0.00782. The van der Waals surface area contributed by atoms with Gasteiger partial charge in [0.2, 0.25) is 5.91 Å². The predicted octanol–water partition coefficient (Wildman–Crippen LogP) is 3.27. The molecule has 1 aromatic heterocycles. The summed E-state index contributed by atoms with van der Waals surface area (Å²) in [6.07, 6.45) is 1.22. The molecular formula is C22H20F3N5O2. The fourth-order valence-corrected chi connectivity index (χ4v) is 4.25. The maximum absolute atomic E-state index is 14.3. The number of likely N-dealkylation sites (tertiary alicyclic amines) is 1. The van der Waals surface area contributed by atoms with Crippen molar-refractivity contribution in [3.05, 3.63) is 54.5 Å². The number of nitrogens with zero attached hydrogens (tertiary/aromatic N) is 5. The van der Waals surface area contributed by atoms with Crippen LogP contribution < -0.4 is 4.90 Å². The molecule has 0 atom stereocenters. The van der Waals surface area contributed by atoms with E-state index in [0.29, 0.717) is 35.4 Å². The highest BCUT2D eigenvalue weighted by Gasteiger charge is 2.41. The molecule has 2 aliphatic rings. The molecule has 0 aliphatic carbocycles. The number of aromatic nitrogens is 2. The molecule has 0 radical (unpaired) electrons. The molecule has 2 fully saturated rings. The summed E-state index contributed by atoms with van der Waals surface area (Å²) in [7, 11) is 0. The quantitative estimate of drug-likeness (QED) is 0.622. The maximum atomic E-state index is 14.3. The maximum Gasteiger partial charge on any atom is 0.325 e. The summed E-state index contributed by atoms with van der Waals surface area (Å²) in [4.78, 5) is 29.4. The highest BCUT2D eigenvalue weighted by atomic mass is 19.3. The fourth-order valence-electron chi connectivity index (χ4n) is 4.25. The van der Waals surface area contributed by atoms with E-state index in [4.69, 9.17) is 0 Å². The van der Waals surface area contributed by atoms with Crippen LogP contribution in [-0.4, -0.2) is 70.2 Å². The van der Waals surface area contributed by atoms with Crippen molar-refractivity contribution < 1.29 is 22.8 Å². The number of fused-ring (bicyclic) bond motifs is 1. The Kier molecular flexibility index (Phi) is 4.79. The molecule has 5 rings (SSSR count). The minimum Gasteiger partial charge on any atom is -0.335 e. The average Bonchev–Trinajstić information content (AvgIpc) is 3.46. The zero-order valence-corrected chi connectivity index (χ0v) is 17.0. The van der Waals surface area contributed by atoms with Crippen LogP contribution in [0.2, 0.25) is 0 Å². The Balaban J connectivity index is 1.38. The Morgan fingerprint density at radius 2 is 1.81 bits per heavy atom. The van der Waals surface area contributed by atoms with Gasteiger partial charge in [-0.15, -0.1) is 0 Å². The first kappa shape index (κ1) is 20.3. The van der Waals surface area contributed by atoms with Gasteiger partial charge in [0.25, 0.3) is 5.92 Å². The van der Waals surface area contributed by atoms with Crippen molar-refractivity contribution in [1.82, 2.24) is 19.6 Å². The molecule has 3 amide bonds. The number of para-hydroxylation sites is 1. The van der Waals surface area contributed by atoms with E-state index < -0.39 is 24.2 Å². The normalized spacial score (nSPS) is 18.2. The first-order chi connectivity index (χ1) is 15.3. The lowest BCUT2D eigenvalue weighted by Gasteiger charge is -2.22. The van der Waals surface area contributed by atoms with Crippen molar-refractivity contribution >= 4 is 28.5 Å². The third-order valence-electron chi connectivity index (χ3n) is 5.91. The number of amides is 3. The van der Waals surface area contributed by atoms with E-state index in [1.165, 1.54) is 20.5 Å². The molecule has 0 N–H and O–H groups in total. The highest BCUT2D eigenvalue weighted by Crippen LogP contribution is 2.31. The molecule has 0 spiro atoms. The second-order valence-corrected chi connectivity index (χ2v) is 7.99. The van der Waals surface area contributed by atoms with Crippen molar-refractivity contribution in [1.29, 1.82) is 0 Å². The van der Waals surface area contributed by atoms with Gasteiger partial charge in [-0.2, -0.15) is 5.10 Å². The Hall–Kier alpha value is -3.56. The van der Waals surface area contributed by atoms with Crippen LogP contribution in [0.1, 0.15) is 6.42 Å². The van der Waals surface area contributed by atoms with E-state index in [0.717, 1.165) is 4.90 Å². The number of hydrogen-bond donors (Lipinski definition) is 0. The SMILES string of the molecule is O=C(CN1CCN(c2cccc3c2cnn3-c2ccccc2F)C1=O)N1CCC(F)(F)C1. The summed E-state index contributed by atoms with van der Waals surface area (Å²) < 4.78 is 42.6. The van der Waals surface area contributed by atoms with Gasteiger partial charge in [-0.05, 0) is 24.3 Å². The minimum atomic E-state index is -2.87. The van der Waals surface area contributed by atoms with Crippen molar-refractivity contribution in [2.45, 2.75) is 12.3 Å². The lowest BCUT2D eigenvalue weighted by atomic mass is 10.2. The molecular weight excluding hydrogens is 423 g/mol. The Morgan fingerprint density at radius 3 is 2.56 bits per heavy atom. The van der Waals surface area contributed by atoms with Gasteiger partial charge in [0.1, 0.15) is 18.0 Å². The number of alkyl halides is 2. The number of benzene rings is 2. The molecule has 166 valence electrons. The predicted molar refractivity (Wildman–Crippen MR) is 111 cm³/mol. The van der Waals surface area contributed by atoms with Crippen LogP contribution in [0.25, 0.3) is 16.6 Å². The van der Waals surface area contributed by atoms with Gasteiger partial charge in [0, 0.05) is 31.4 Å². The van der Waals surface area contributed by atoms with Crippen molar-refractivity contribution in [3.63, 3.8) is 0 Å².